The fourth-order valence-corrected chi connectivity index (χ4v) is 4.15. The van der Waals surface area contributed by atoms with Crippen LogP contribution in [0.2, 0.25) is 0 Å². The van der Waals surface area contributed by atoms with E-state index in [1.807, 2.05) is 44.2 Å². The van der Waals surface area contributed by atoms with Gasteiger partial charge in [0.15, 0.2) is 5.69 Å². The van der Waals surface area contributed by atoms with E-state index in [1.165, 1.54) is 12.1 Å². The standard InChI is InChI=1S/C27H32FN3O5.Na/c1-17(2)25-23(13-12-21(32)14-22(33)15-24(34)35)31(20-10-8-19(28)9-11-20)30-26(25)27(36)29-16-18-6-4-3-5-7-18;/h3-11,17,21-22,32-33H,12-16H2,1-2H3,(H,29,36)(H,34,35);/q;+1/p-1/t21-,22-;/m1./s1. The molecule has 0 fully saturated rings. The van der Waals surface area contributed by atoms with Crippen LogP contribution >= 0.6 is 0 Å². The molecule has 1 amide bonds. The average molecular weight is 520 g/mol. The molecule has 3 N–H and O–H groups in total. The number of aromatic nitrogens is 2. The van der Waals surface area contributed by atoms with Crippen LogP contribution in [0.15, 0.2) is 54.6 Å². The van der Waals surface area contributed by atoms with Crippen LogP contribution in [0.1, 0.15) is 66.3 Å². The fourth-order valence-electron chi connectivity index (χ4n) is 4.15. The molecule has 37 heavy (non-hydrogen) atoms. The maximum Gasteiger partial charge on any atom is 1.00 e. The number of halogens is 1. The molecule has 0 aliphatic heterocycles. The second-order valence-corrected chi connectivity index (χ2v) is 9.08. The Kier molecular flexibility index (Phi) is 11.9. The van der Waals surface area contributed by atoms with E-state index in [-0.39, 0.29) is 59.9 Å². The van der Waals surface area contributed by atoms with Crippen molar-refractivity contribution in [3.8, 4) is 5.69 Å². The molecular formula is C27H31FN3NaO5. The number of rotatable bonds is 12. The molecule has 3 rings (SSSR count). The Bertz CT molecular complexity index is 1170. The SMILES string of the molecule is CC(C)c1c(C(=O)NCc2ccccc2)nn(-c2ccc(F)cc2)c1CC[C@@H](O)C[C@@H](O)CC(=O)[O-].[Na+]. The number of aliphatic hydroxyl groups excluding tert-OH is 2. The smallest absolute Gasteiger partial charge is 0.550 e. The maximum absolute atomic E-state index is 13.6. The summed E-state index contributed by atoms with van der Waals surface area (Å²) >= 11 is 0. The molecule has 0 radical (unpaired) electrons. The van der Waals surface area contributed by atoms with Gasteiger partial charge in [0, 0.05) is 30.2 Å². The number of nitrogens with zero attached hydrogens (tertiary/aromatic N) is 2. The zero-order valence-corrected chi connectivity index (χ0v) is 23.4. The summed E-state index contributed by atoms with van der Waals surface area (Å²) in [5.41, 5.74) is 3.12. The van der Waals surface area contributed by atoms with E-state index < -0.39 is 30.4 Å². The Morgan fingerprint density at radius 1 is 1.05 bits per heavy atom. The van der Waals surface area contributed by atoms with Crippen LogP contribution in [0.3, 0.4) is 0 Å². The molecule has 0 bridgehead atoms. The molecule has 0 spiro atoms. The second kappa shape index (κ2) is 14.4. The average Bonchev–Trinajstić information content (AvgIpc) is 3.21. The fraction of sp³-hybridized carbons (Fsp3) is 0.370. The van der Waals surface area contributed by atoms with Crippen molar-refractivity contribution in [3.05, 3.63) is 82.9 Å². The van der Waals surface area contributed by atoms with Gasteiger partial charge in [-0.25, -0.2) is 9.07 Å². The topological polar surface area (TPSA) is 128 Å². The number of amides is 1. The van der Waals surface area contributed by atoms with E-state index in [4.69, 9.17) is 0 Å². The molecule has 1 aromatic heterocycles. The third-order valence-corrected chi connectivity index (χ3v) is 5.84. The van der Waals surface area contributed by atoms with Crippen molar-refractivity contribution in [2.24, 2.45) is 0 Å². The van der Waals surface area contributed by atoms with Crippen molar-refractivity contribution in [1.82, 2.24) is 15.1 Å². The van der Waals surface area contributed by atoms with Crippen LogP contribution in [0.4, 0.5) is 4.39 Å². The Morgan fingerprint density at radius 2 is 1.70 bits per heavy atom. The predicted octanol–water partition coefficient (Wildman–Crippen LogP) is -0.747. The number of benzene rings is 2. The number of hydrogen-bond acceptors (Lipinski definition) is 6. The number of nitrogens with one attached hydrogen (secondary N) is 1. The summed E-state index contributed by atoms with van der Waals surface area (Å²) in [6.07, 6.45) is -2.40. The Balaban J connectivity index is 0.00000481. The number of carbonyl (C=O) groups is 2. The number of carboxylic acid groups (broad SMARTS) is 1. The molecule has 0 unspecified atom stereocenters. The van der Waals surface area contributed by atoms with Gasteiger partial charge in [-0.1, -0.05) is 44.2 Å². The third kappa shape index (κ3) is 8.76. The zero-order valence-electron chi connectivity index (χ0n) is 21.4. The van der Waals surface area contributed by atoms with E-state index in [2.05, 4.69) is 10.4 Å². The van der Waals surface area contributed by atoms with Crippen LogP contribution in [0.25, 0.3) is 5.69 Å². The summed E-state index contributed by atoms with van der Waals surface area (Å²) in [4.78, 5) is 23.9. The molecule has 10 heteroatoms. The minimum Gasteiger partial charge on any atom is -0.550 e. The van der Waals surface area contributed by atoms with Gasteiger partial charge in [0.1, 0.15) is 5.82 Å². The van der Waals surface area contributed by atoms with Gasteiger partial charge in [0.25, 0.3) is 5.91 Å². The first-order chi connectivity index (χ1) is 17.2. The summed E-state index contributed by atoms with van der Waals surface area (Å²) < 4.78 is 15.2. The minimum atomic E-state index is -1.39. The summed E-state index contributed by atoms with van der Waals surface area (Å²) in [5.74, 6) is -2.24. The summed E-state index contributed by atoms with van der Waals surface area (Å²) in [7, 11) is 0. The van der Waals surface area contributed by atoms with Crippen molar-refractivity contribution in [1.29, 1.82) is 0 Å². The van der Waals surface area contributed by atoms with E-state index >= 15 is 0 Å². The van der Waals surface area contributed by atoms with Gasteiger partial charge in [-0.05, 0) is 55.0 Å². The van der Waals surface area contributed by atoms with Crippen LogP contribution in [-0.4, -0.2) is 44.1 Å². The molecule has 8 nitrogen and oxygen atoms in total. The van der Waals surface area contributed by atoms with Crippen molar-refractivity contribution < 1.29 is 58.9 Å². The van der Waals surface area contributed by atoms with E-state index in [1.54, 1.807) is 16.8 Å². The largest absolute Gasteiger partial charge is 1.00 e. The number of aliphatic carboxylic acids is 1. The first-order valence-electron chi connectivity index (χ1n) is 11.9. The monoisotopic (exact) mass is 519 g/mol. The Morgan fingerprint density at radius 3 is 2.30 bits per heavy atom. The van der Waals surface area contributed by atoms with Gasteiger partial charge < -0.3 is 25.4 Å². The molecule has 2 atom stereocenters. The minimum absolute atomic E-state index is 0. The van der Waals surface area contributed by atoms with Crippen LogP contribution < -0.4 is 40.0 Å². The quantitative estimate of drug-likeness (QED) is 0.271. The van der Waals surface area contributed by atoms with Crippen LogP contribution in [0.5, 0.6) is 0 Å². The molecule has 0 saturated heterocycles. The number of hydrogen-bond donors (Lipinski definition) is 3. The Labute approximate surface area is 237 Å². The molecule has 1 heterocycles. The number of aliphatic hydroxyl groups is 2. The molecular weight excluding hydrogens is 488 g/mol. The van der Waals surface area contributed by atoms with Gasteiger partial charge in [-0.2, -0.15) is 5.10 Å². The van der Waals surface area contributed by atoms with Gasteiger partial charge in [-0.3, -0.25) is 4.79 Å². The molecule has 192 valence electrons. The molecule has 0 aliphatic carbocycles. The van der Waals surface area contributed by atoms with Gasteiger partial charge in [0.2, 0.25) is 0 Å². The molecule has 3 aromatic rings. The molecule has 0 saturated carbocycles. The van der Waals surface area contributed by atoms with Crippen LogP contribution in [0, 0.1) is 5.82 Å². The number of carbonyl (C=O) groups excluding carboxylic acids is 2. The van der Waals surface area contributed by atoms with Gasteiger partial charge in [0.05, 0.1) is 17.9 Å². The van der Waals surface area contributed by atoms with E-state index in [0.717, 1.165) is 5.56 Å². The first kappa shape index (κ1) is 30.7. The maximum atomic E-state index is 13.6. The number of carboxylic acids is 1. The van der Waals surface area contributed by atoms with Gasteiger partial charge >= 0.3 is 29.6 Å². The summed E-state index contributed by atoms with van der Waals surface area (Å²) in [6, 6.07) is 15.2. The normalized spacial score (nSPS) is 12.6. The van der Waals surface area contributed by atoms with Crippen molar-refractivity contribution in [2.75, 3.05) is 0 Å². The van der Waals surface area contributed by atoms with Crippen molar-refractivity contribution in [2.45, 2.75) is 64.2 Å². The van der Waals surface area contributed by atoms with Crippen molar-refractivity contribution >= 4 is 11.9 Å². The third-order valence-electron chi connectivity index (χ3n) is 5.84. The van der Waals surface area contributed by atoms with Gasteiger partial charge in [-0.15, -0.1) is 0 Å². The van der Waals surface area contributed by atoms with Crippen molar-refractivity contribution in [3.63, 3.8) is 0 Å². The summed E-state index contributed by atoms with van der Waals surface area (Å²) in [5, 5.41) is 38.4. The second-order valence-electron chi connectivity index (χ2n) is 9.08. The predicted molar refractivity (Wildman–Crippen MR) is 130 cm³/mol. The summed E-state index contributed by atoms with van der Waals surface area (Å²) in [6.45, 7) is 4.19. The van der Waals surface area contributed by atoms with E-state index in [9.17, 15) is 29.3 Å². The molecule has 0 aliphatic rings. The Hall–Kier alpha value is -2.56. The van der Waals surface area contributed by atoms with E-state index in [0.29, 0.717) is 29.9 Å². The zero-order chi connectivity index (χ0) is 26.2. The molecule has 2 aromatic carbocycles. The van der Waals surface area contributed by atoms with Crippen LogP contribution in [-0.2, 0) is 17.8 Å². The first-order valence-corrected chi connectivity index (χ1v) is 11.9.